The Morgan fingerprint density at radius 3 is 2.25 bits per heavy atom. The second kappa shape index (κ2) is 12.2. The molecule has 32 heavy (non-hydrogen) atoms. The minimum absolute atomic E-state index is 0.0894. The second-order valence-electron chi connectivity index (χ2n) is 8.49. The van der Waals surface area contributed by atoms with Crippen LogP contribution in [0.5, 0.6) is 0 Å². The molecule has 0 aromatic heterocycles. The van der Waals surface area contributed by atoms with Gasteiger partial charge in [-0.2, -0.15) is 0 Å². The summed E-state index contributed by atoms with van der Waals surface area (Å²) in [7, 11) is 0. The lowest BCUT2D eigenvalue weighted by molar-refractivity contribution is -0.141. The highest BCUT2D eigenvalue weighted by atomic mass is 35.5. The van der Waals surface area contributed by atoms with Crippen LogP contribution in [0, 0.1) is 0 Å². The van der Waals surface area contributed by atoms with Crippen LogP contribution in [0.1, 0.15) is 46.1 Å². The van der Waals surface area contributed by atoms with E-state index in [4.69, 9.17) is 34.8 Å². The van der Waals surface area contributed by atoms with Crippen molar-refractivity contribution in [1.29, 1.82) is 0 Å². The Morgan fingerprint density at radius 2 is 1.69 bits per heavy atom. The standard InChI is InChI=1S/C24H29Cl3N2O2S/c1-5-21(23(31)28-24(2,3)4)29(15-16-6-11-19(26)20(27)14-16)22(30)12-13-32-18-9-7-17(25)8-10-18/h6-11,14,21H,5,12-13,15H2,1-4H3,(H,28,31). The average molecular weight is 516 g/mol. The highest BCUT2D eigenvalue weighted by Gasteiger charge is 2.30. The zero-order chi connectivity index (χ0) is 23.9. The molecule has 0 aliphatic carbocycles. The van der Waals surface area contributed by atoms with Crippen LogP contribution in [0.4, 0.5) is 0 Å². The number of carbonyl (C=O) groups excluding carboxylic acids is 2. The molecule has 4 nitrogen and oxygen atoms in total. The van der Waals surface area contributed by atoms with Gasteiger partial charge in [0.15, 0.2) is 0 Å². The molecule has 2 amide bonds. The van der Waals surface area contributed by atoms with E-state index in [-0.39, 0.29) is 18.4 Å². The molecule has 0 radical (unpaired) electrons. The van der Waals surface area contributed by atoms with Gasteiger partial charge in [0.2, 0.25) is 11.8 Å². The summed E-state index contributed by atoms with van der Waals surface area (Å²) in [6.45, 7) is 7.95. The number of thioether (sulfide) groups is 1. The van der Waals surface area contributed by atoms with Gasteiger partial charge in [-0.15, -0.1) is 11.8 Å². The Kier molecular flexibility index (Phi) is 10.2. The lowest BCUT2D eigenvalue weighted by Gasteiger charge is -2.33. The molecule has 2 aromatic carbocycles. The fourth-order valence-electron chi connectivity index (χ4n) is 3.14. The van der Waals surface area contributed by atoms with Crippen LogP contribution in [0.15, 0.2) is 47.4 Å². The molecule has 0 spiro atoms. The van der Waals surface area contributed by atoms with Gasteiger partial charge in [0.1, 0.15) is 6.04 Å². The first-order valence-electron chi connectivity index (χ1n) is 10.4. The minimum atomic E-state index is -0.586. The number of rotatable bonds is 9. The molecule has 0 bridgehead atoms. The zero-order valence-electron chi connectivity index (χ0n) is 18.8. The lowest BCUT2D eigenvalue weighted by Crippen LogP contribution is -2.53. The van der Waals surface area contributed by atoms with E-state index < -0.39 is 11.6 Å². The van der Waals surface area contributed by atoms with Crippen molar-refractivity contribution in [3.05, 3.63) is 63.1 Å². The van der Waals surface area contributed by atoms with E-state index in [1.165, 1.54) is 0 Å². The Bertz CT molecular complexity index is 930. The van der Waals surface area contributed by atoms with Crippen molar-refractivity contribution in [3.8, 4) is 0 Å². The first-order chi connectivity index (χ1) is 15.0. The largest absolute Gasteiger partial charge is 0.350 e. The van der Waals surface area contributed by atoms with Crippen molar-refractivity contribution in [3.63, 3.8) is 0 Å². The van der Waals surface area contributed by atoms with Crippen LogP contribution in [0.2, 0.25) is 15.1 Å². The highest BCUT2D eigenvalue weighted by molar-refractivity contribution is 7.99. The average Bonchev–Trinajstić information content (AvgIpc) is 2.70. The number of carbonyl (C=O) groups is 2. The summed E-state index contributed by atoms with van der Waals surface area (Å²) < 4.78 is 0. The van der Waals surface area contributed by atoms with Gasteiger partial charge >= 0.3 is 0 Å². The Morgan fingerprint density at radius 1 is 1.03 bits per heavy atom. The van der Waals surface area contributed by atoms with Crippen LogP contribution in [-0.4, -0.2) is 34.0 Å². The van der Waals surface area contributed by atoms with Crippen LogP contribution in [0.3, 0.4) is 0 Å². The summed E-state index contributed by atoms with van der Waals surface area (Å²) >= 11 is 19.7. The summed E-state index contributed by atoms with van der Waals surface area (Å²) in [6, 6.07) is 12.2. The SMILES string of the molecule is CCC(C(=O)NC(C)(C)C)N(Cc1ccc(Cl)c(Cl)c1)C(=O)CCSc1ccc(Cl)cc1. The number of amides is 2. The number of halogens is 3. The molecule has 2 aromatic rings. The van der Waals surface area contributed by atoms with Gasteiger partial charge < -0.3 is 10.2 Å². The van der Waals surface area contributed by atoms with Crippen LogP contribution in [-0.2, 0) is 16.1 Å². The van der Waals surface area contributed by atoms with E-state index in [1.54, 1.807) is 28.8 Å². The molecule has 8 heteroatoms. The van der Waals surface area contributed by atoms with E-state index in [0.29, 0.717) is 33.7 Å². The third-order valence-corrected chi connectivity index (χ3v) is 6.62. The molecule has 0 fully saturated rings. The molecule has 1 N–H and O–H groups in total. The molecule has 0 saturated carbocycles. The Balaban J connectivity index is 2.18. The molecule has 1 atom stereocenters. The number of benzene rings is 2. The van der Waals surface area contributed by atoms with E-state index in [1.807, 2.05) is 58.0 Å². The summed E-state index contributed by atoms with van der Waals surface area (Å²) in [5, 5.41) is 4.54. The van der Waals surface area contributed by atoms with Crippen molar-refractivity contribution in [2.24, 2.45) is 0 Å². The molecular formula is C24H29Cl3N2O2S. The fraction of sp³-hybridized carbons (Fsp3) is 0.417. The Hall–Kier alpha value is -1.40. The van der Waals surface area contributed by atoms with Crippen molar-refractivity contribution in [1.82, 2.24) is 10.2 Å². The predicted molar refractivity (Wildman–Crippen MR) is 136 cm³/mol. The van der Waals surface area contributed by atoms with E-state index in [0.717, 1.165) is 10.5 Å². The van der Waals surface area contributed by atoms with Crippen LogP contribution < -0.4 is 5.32 Å². The fourth-order valence-corrected chi connectivity index (χ4v) is 4.43. The van der Waals surface area contributed by atoms with Crippen LogP contribution >= 0.6 is 46.6 Å². The molecule has 0 aliphatic rings. The second-order valence-corrected chi connectivity index (χ2v) is 10.9. The smallest absolute Gasteiger partial charge is 0.243 e. The lowest BCUT2D eigenvalue weighted by atomic mass is 10.1. The summed E-state index contributed by atoms with van der Waals surface area (Å²) in [5.41, 5.74) is 0.424. The summed E-state index contributed by atoms with van der Waals surface area (Å²) in [6.07, 6.45) is 0.799. The number of hydrogen-bond donors (Lipinski definition) is 1. The molecule has 0 saturated heterocycles. The molecular weight excluding hydrogens is 487 g/mol. The predicted octanol–water partition coefficient (Wildman–Crippen LogP) is 6.85. The quantitative estimate of drug-likeness (QED) is 0.371. The Labute approximate surface area is 210 Å². The van der Waals surface area contributed by atoms with Gasteiger partial charge in [0.25, 0.3) is 0 Å². The van der Waals surface area contributed by atoms with E-state index in [9.17, 15) is 9.59 Å². The first-order valence-corrected chi connectivity index (χ1v) is 12.6. The molecule has 0 heterocycles. The summed E-state index contributed by atoms with van der Waals surface area (Å²) in [5.74, 6) is 0.336. The van der Waals surface area contributed by atoms with E-state index in [2.05, 4.69) is 5.32 Å². The third-order valence-electron chi connectivity index (χ3n) is 4.62. The number of hydrogen-bond acceptors (Lipinski definition) is 3. The molecule has 174 valence electrons. The minimum Gasteiger partial charge on any atom is -0.350 e. The zero-order valence-corrected chi connectivity index (χ0v) is 21.8. The molecule has 0 aliphatic heterocycles. The van der Waals surface area contributed by atoms with Gasteiger partial charge in [0.05, 0.1) is 10.0 Å². The molecule has 2 rings (SSSR count). The monoisotopic (exact) mass is 514 g/mol. The van der Waals surface area contributed by atoms with E-state index >= 15 is 0 Å². The van der Waals surface area contributed by atoms with Crippen molar-refractivity contribution in [2.45, 2.75) is 63.6 Å². The number of nitrogens with zero attached hydrogens (tertiary/aromatic N) is 1. The maximum absolute atomic E-state index is 13.3. The van der Waals surface area contributed by atoms with Crippen LogP contribution in [0.25, 0.3) is 0 Å². The van der Waals surface area contributed by atoms with Crippen molar-refractivity contribution >= 4 is 58.4 Å². The van der Waals surface area contributed by atoms with Crippen molar-refractivity contribution < 1.29 is 9.59 Å². The maximum atomic E-state index is 13.3. The maximum Gasteiger partial charge on any atom is 0.243 e. The number of nitrogens with one attached hydrogen (secondary N) is 1. The van der Waals surface area contributed by atoms with Crippen molar-refractivity contribution in [2.75, 3.05) is 5.75 Å². The van der Waals surface area contributed by atoms with Gasteiger partial charge in [-0.05, 0) is 69.2 Å². The van der Waals surface area contributed by atoms with Gasteiger partial charge in [-0.1, -0.05) is 47.8 Å². The van der Waals surface area contributed by atoms with Gasteiger partial charge in [0, 0.05) is 34.2 Å². The highest BCUT2D eigenvalue weighted by Crippen LogP contribution is 2.25. The third kappa shape index (κ3) is 8.51. The first kappa shape index (κ1) is 26.8. The summed E-state index contributed by atoms with van der Waals surface area (Å²) in [4.78, 5) is 29.0. The topological polar surface area (TPSA) is 49.4 Å². The van der Waals surface area contributed by atoms with Gasteiger partial charge in [-0.3, -0.25) is 9.59 Å². The van der Waals surface area contributed by atoms with Gasteiger partial charge in [-0.25, -0.2) is 0 Å². The molecule has 1 unspecified atom stereocenters. The normalized spacial score (nSPS) is 12.3.